The van der Waals surface area contributed by atoms with Crippen LogP contribution in [-0.2, 0) is 4.74 Å². The van der Waals surface area contributed by atoms with Gasteiger partial charge in [0.05, 0.1) is 18.5 Å². The van der Waals surface area contributed by atoms with Crippen LogP contribution in [0.4, 0.5) is 5.69 Å². The minimum atomic E-state index is 0.299. The third-order valence-corrected chi connectivity index (χ3v) is 2.03. The smallest absolute Gasteiger partial charge is 0.106 e. The van der Waals surface area contributed by atoms with Crippen molar-refractivity contribution in [1.82, 2.24) is 4.98 Å². The first kappa shape index (κ1) is 10.5. The van der Waals surface area contributed by atoms with E-state index < -0.39 is 0 Å². The van der Waals surface area contributed by atoms with Gasteiger partial charge in [0, 0.05) is 13.2 Å². The van der Waals surface area contributed by atoms with Gasteiger partial charge in [-0.15, -0.1) is 0 Å². The summed E-state index contributed by atoms with van der Waals surface area (Å²) >= 11 is 3.28. The largest absolute Gasteiger partial charge is 0.383 e. The highest BCUT2D eigenvalue weighted by molar-refractivity contribution is 9.10. The lowest BCUT2D eigenvalue weighted by atomic mass is 10.3. The van der Waals surface area contributed by atoms with Crippen molar-refractivity contribution < 1.29 is 4.74 Å². The third kappa shape index (κ3) is 3.74. The summed E-state index contributed by atoms with van der Waals surface area (Å²) in [7, 11) is 1.69. The van der Waals surface area contributed by atoms with Crippen molar-refractivity contribution in [3.63, 3.8) is 0 Å². The zero-order chi connectivity index (χ0) is 9.68. The minimum Gasteiger partial charge on any atom is -0.383 e. The zero-order valence-corrected chi connectivity index (χ0v) is 9.34. The van der Waals surface area contributed by atoms with E-state index in [9.17, 15) is 0 Å². The number of halogens is 1. The topological polar surface area (TPSA) is 34.1 Å². The van der Waals surface area contributed by atoms with Crippen LogP contribution in [0.2, 0.25) is 0 Å². The maximum Gasteiger partial charge on any atom is 0.106 e. The molecule has 1 aromatic rings. The molecule has 0 aromatic carbocycles. The van der Waals surface area contributed by atoms with E-state index in [0.717, 1.165) is 10.3 Å². The highest BCUT2D eigenvalue weighted by atomic mass is 79.9. The van der Waals surface area contributed by atoms with Crippen LogP contribution in [0.1, 0.15) is 6.92 Å². The van der Waals surface area contributed by atoms with E-state index in [1.165, 1.54) is 0 Å². The molecule has 0 aliphatic heterocycles. The van der Waals surface area contributed by atoms with Gasteiger partial charge in [-0.2, -0.15) is 0 Å². The van der Waals surface area contributed by atoms with Crippen LogP contribution in [0, 0.1) is 0 Å². The number of hydrogen-bond acceptors (Lipinski definition) is 3. The van der Waals surface area contributed by atoms with Gasteiger partial charge in [-0.25, -0.2) is 4.98 Å². The number of anilines is 1. The molecule has 0 spiro atoms. The molecule has 1 unspecified atom stereocenters. The minimum absolute atomic E-state index is 0.299. The summed E-state index contributed by atoms with van der Waals surface area (Å²) in [5, 5.41) is 3.26. The van der Waals surface area contributed by atoms with E-state index in [1.807, 2.05) is 12.1 Å². The molecular weight excluding hydrogens is 232 g/mol. The molecule has 72 valence electrons. The van der Waals surface area contributed by atoms with E-state index in [4.69, 9.17) is 4.74 Å². The normalized spacial score (nSPS) is 12.5. The Hall–Kier alpha value is -0.610. The number of ether oxygens (including phenoxy) is 1. The second-order valence-corrected chi connectivity index (χ2v) is 3.68. The fourth-order valence-electron chi connectivity index (χ4n) is 1.04. The highest BCUT2D eigenvalue weighted by Gasteiger charge is 2.00. The molecule has 0 aliphatic rings. The molecule has 0 fully saturated rings. The van der Waals surface area contributed by atoms with Crippen molar-refractivity contribution in [2.75, 3.05) is 19.0 Å². The first-order chi connectivity index (χ1) is 6.22. The number of nitrogens with zero attached hydrogens (tertiary/aromatic N) is 1. The molecule has 0 bridgehead atoms. The Balaban J connectivity index is 2.49. The Morgan fingerprint density at radius 3 is 2.92 bits per heavy atom. The van der Waals surface area contributed by atoms with Crippen LogP contribution in [0.3, 0.4) is 0 Å². The molecule has 0 radical (unpaired) electrons. The molecule has 0 saturated carbocycles. The van der Waals surface area contributed by atoms with Crippen LogP contribution < -0.4 is 5.32 Å². The molecule has 1 rings (SSSR count). The maximum atomic E-state index is 5.01. The molecule has 4 heteroatoms. The lowest BCUT2D eigenvalue weighted by Crippen LogP contribution is -2.20. The predicted molar refractivity (Wildman–Crippen MR) is 56.9 cm³/mol. The third-order valence-electron chi connectivity index (χ3n) is 1.56. The fraction of sp³-hybridized carbons (Fsp3) is 0.444. The van der Waals surface area contributed by atoms with Gasteiger partial charge < -0.3 is 10.1 Å². The molecule has 0 amide bonds. The highest BCUT2D eigenvalue weighted by Crippen LogP contribution is 2.11. The number of pyridine rings is 1. The molecule has 1 heterocycles. The quantitative estimate of drug-likeness (QED) is 0.826. The standard InChI is InChI=1S/C9H13BrN2O/c1-7(6-13-2)12-8-3-4-9(10)11-5-8/h3-5,7,12H,6H2,1-2H3. The maximum absolute atomic E-state index is 5.01. The van der Waals surface area contributed by atoms with Crippen molar-refractivity contribution in [2.45, 2.75) is 13.0 Å². The van der Waals surface area contributed by atoms with Gasteiger partial charge in [0.2, 0.25) is 0 Å². The Morgan fingerprint density at radius 1 is 1.62 bits per heavy atom. The summed E-state index contributed by atoms with van der Waals surface area (Å²) in [6.07, 6.45) is 1.79. The predicted octanol–water partition coefficient (Wildman–Crippen LogP) is 2.29. The van der Waals surface area contributed by atoms with Crippen molar-refractivity contribution in [2.24, 2.45) is 0 Å². The van der Waals surface area contributed by atoms with Gasteiger partial charge in [0.1, 0.15) is 4.60 Å². The lowest BCUT2D eigenvalue weighted by molar-refractivity contribution is 0.190. The Morgan fingerprint density at radius 2 is 2.38 bits per heavy atom. The molecule has 3 nitrogen and oxygen atoms in total. The van der Waals surface area contributed by atoms with Gasteiger partial charge in [0.25, 0.3) is 0 Å². The van der Waals surface area contributed by atoms with E-state index >= 15 is 0 Å². The molecule has 13 heavy (non-hydrogen) atoms. The van der Waals surface area contributed by atoms with Crippen LogP contribution in [0.25, 0.3) is 0 Å². The molecule has 1 atom stereocenters. The summed E-state index contributed by atoms with van der Waals surface area (Å²) in [5.74, 6) is 0. The van der Waals surface area contributed by atoms with Crippen molar-refractivity contribution in [3.05, 3.63) is 22.9 Å². The average Bonchev–Trinajstić information content (AvgIpc) is 2.09. The van der Waals surface area contributed by atoms with E-state index in [1.54, 1.807) is 13.3 Å². The van der Waals surface area contributed by atoms with Crippen LogP contribution in [-0.4, -0.2) is 24.7 Å². The molecule has 1 aromatic heterocycles. The first-order valence-electron chi connectivity index (χ1n) is 4.09. The van der Waals surface area contributed by atoms with Crippen LogP contribution in [0.15, 0.2) is 22.9 Å². The van der Waals surface area contributed by atoms with Crippen molar-refractivity contribution in [3.8, 4) is 0 Å². The number of aromatic nitrogens is 1. The Kier molecular flexibility index (Phi) is 4.18. The summed E-state index contributed by atoms with van der Waals surface area (Å²) < 4.78 is 5.85. The summed E-state index contributed by atoms with van der Waals surface area (Å²) in [6.45, 7) is 2.75. The second kappa shape index (κ2) is 5.19. The second-order valence-electron chi connectivity index (χ2n) is 2.87. The van der Waals surface area contributed by atoms with E-state index in [-0.39, 0.29) is 0 Å². The van der Waals surface area contributed by atoms with Crippen LogP contribution in [0.5, 0.6) is 0 Å². The molecule has 0 aliphatic carbocycles. The van der Waals surface area contributed by atoms with Gasteiger partial charge in [-0.3, -0.25) is 0 Å². The number of nitrogens with one attached hydrogen (secondary N) is 1. The van der Waals surface area contributed by atoms with Gasteiger partial charge in [-0.05, 0) is 35.0 Å². The zero-order valence-electron chi connectivity index (χ0n) is 7.75. The molecular formula is C9H13BrN2O. The molecule has 1 N–H and O–H groups in total. The van der Waals surface area contributed by atoms with Crippen molar-refractivity contribution in [1.29, 1.82) is 0 Å². The van der Waals surface area contributed by atoms with Crippen LogP contribution >= 0.6 is 15.9 Å². The lowest BCUT2D eigenvalue weighted by Gasteiger charge is -2.13. The van der Waals surface area contributed by atoms with Gasteiger partial charge >= 0.3 is 0 Å². The average molecular weight is 245 g/mol. The number of methoxy groups -OCH3 is 1. The number of rotatable bonds is 4. The Labute approximate surface area is 86.6 Å². The van der Waals surface area contributed by atoms with Crippen molar-refractivity contribution >= 4 is 21.6 Å². The van der Waals surface area contributed by atoms with Gasteiger partial charge in [0.15, 0.2) is 0 Å². The SMILES string of the molecule is COCC(C)Nc1ccc(Br)nc1. The van der Waals surface area contributed by atoms with Gasteiger partial charge in [-0.1, -0.05) is 0 Å². The van der Waals surface area contributed by atoms with E-state index in [0.29, 0.717) is 12.6 Å². The monoisotopic (exact) mass is 244 g/mol. The Bertz CT molecular complexity index is 250. The fourth-order valence-corrected chi connectivity index (χ4v) is 1.27. The van der Waals surface area contributed by atoms with E-state index in [2.05, 4.69) is 33.2 Å². The summed E-state index contributed by atoms with van der Waals surface area (Å²) in [5.41, 5.74) is 1.01. The summed E-state index contributed by atoms with van der Waals surface area (Å²) in [4.78, 5) is 4.11. The molecule has 0 saturated heterocycles. The number of hydrogen-bond donors (Lipinski definition) is 1. The first-order valence-corrected chi connectivity index (χ1v) is 4.88. The summed E-state index contributed by atoms with van der Waals surface area (Å²) in [6, 6.07) is 4.18.